The molecule has 1 rings (SSSR count). The molecule has 1 aliphatic rings. The second-order valence-electron chi connectivity index (χ2n) is 2.54. The SMILES string of the molecule is CCC(=O)N[C@@H]1C[C@H]1N=[N+]=[N-]. The van der Waals surface area contributed by atoms with Gasteiger partial charge in [0.25, 0.3) is 0 Å². The molecule has 11 heavy (non-hydrogen) atoms. The molecule has 5 nitrogen and oxygen atoms in total. The smallest absolute Gasteiger partial charge is 0.219 e. The molecular formula is C6H10N4O. The molecule has 1 amide bonds. The summed E-state index contributed by atoms with van der Waals surface area (Å²) in [5.74, 6) is 0.0191. The summed E-state index contributed by atoms with van der Waals surface area (Å²) < 4.78 is 0. The van der Waals surface area contributed by atoms with Crippen molar-refractivity contribution in [3.05, 3.63) is 10.4 Å². The third-order valence-corrected chi connectivity index (χ3v) is 1.62. The largest absolute Gasteiger partial charge is 0.353 e. The molecule has 0 aliphatic heterocycles. The number of rotatable bonds is 3. The van der Waals surface area contributed by atoms with Gasteiger partial charge in [-0.3, -0.25) is 4.79 Å². The molecule has 0 spiro atoms. The molecule has 0 saturated heterocycles. The maximum absolute atomic E-state index is 10.8. The maximum Gasteiger partial charge on any atom is 0.219 e. The van der Waals surface area contributed by atoms with Crippen LogP contribution in [0.4, 0.5) is 0 Å². The van der Waals surface area contributed by atoms with Crippen molar-refractivity contribution in [3.8, 4) is 0 Å². The Kier molecular flexibility index (Phi) is 2.33. The fourth-order valence-corrected chi connectivity index (χ4v) is 0.840. The van der Waals surface area contributed by atoms with E-state index in [4.69, 9.17) is 5.53 Å². The first-order valence-corrected chi connectivity index (χ1v) is 3.61. The highest BCUT2D eigenvalue weighted by Crippen LogP contribution is 2.25. The quantitative estimate of drug-likeness (QED) is 0.367. The highest BCUT2D eigenvalue weighted by Gasteiger charge is 2.36. The van der Waals surface area contributed by atoms with Crippen LogP contribution in [0.25, 0.3) is 10.4 Å². The summed E-state index contributed by atoms with van der Waals surface area (Å²) in [5, 5.41) is 6.21. The Labute approximate surface area is 64.4 Å². The van der Waals surface area contributed by atoms with Crippen LogP contribution in [0.2, 0.25) is 0 Å². The van der Waals surface area contributed by atoms with Crippen LogP contribution in [-0.2, 0) is 4.79 Å². The van der Waals surface area contributed by atoms with Gasteiger partial charge in [0.1, 0.15) is 0 Å². The summed E-state index contributed by atoms with van der Waals surface area (Å²) in [7, 11) is 0. The molecule has 0 bridgehead atoms. The second-order valence-corrected chi connectivity index (χ2v) is 2.54. The van der Waals surface area contributed by atoms with E-state index in [9.17, 15) is 4.79 Å². The van der Waals surface area contributed by atoms with E-state index >= 15 is 0 Å². The molecule has 1 N–H and O–H groups in total. The topological polar surface area (TPSA) is 77.9 Å². The predicted molar refractivity (Wildman–Crippen MR) is 39.8 cm³/mol. The Bertz CT molecular complexity index is 209. The first-order chi connectivity index (χ1) is 5.27. The molecular weight excluding hydrogens is 144 g/mol. The van der Waals surface area contributed by atoms with Crippen molar-refractivity contribution in [2.75, 3.05) is 0 Å². The summed E-state index contributed by atoms with van der Waals surface area (Å²) >= 11 is 0. The van der Waals surface area contributed by atoms with Crippen LogP contribution < -0.4 is 5.32 Å². The van der Waals surface area contributed by atoms with E-state index in [1.54, 1.807) is 6.92 Å². The number of carbonyl (C=O) groups is 1. The molecule has 0 heterocycles. The first-order valence-electron chi connectivity index (χ1n) is 3.61. The van der Waals surface area contributed by atoms with Crippen molar-refractivity contribution in [1.82, 2.24) is 5.32 Å². The lowest BCUT2D eigenvalue weighted by molar-refractivity contribution is -0.120. The van der Waals surface area contributed by atoms with Gasteiger partial charge in [0.05, 0.1) is 6.04 Å². The van der Waals surface area contributed by atoms with Gasteiger partial charge in [0.15, 0.2) is 0 Å². The predicted octanol–water partition coefficient (Wildman–Crippen LogP) is 0.964. The Morgan fingerprint density at radius 1 is 1.91 bits per heavy atom. The van der Waals surface area contributed by atoms with Crippen molar-refractivity contribution in [2.24, 2.45) is 5.11 Å². The molecule has 0 aromatic carbocycles. The van der Waals surface area contributed by atoms with Gasteiger partial charge < -0.3 is 5.32 Å². The van der Waals surface area contributed by atoms with Crippen LogP contribution in [0.3, 0.4) is 0 Å². The van der Waals surface area contributed by atoms with Crippen LogP contribution in [0.5, 0.6) is 0 Å². The van der Waals surface area contributed by atoms with Crippen LogP contribution in [-0.4, -0.2) is 18.0 Å². The standard InChI is InChI=1S/C6H10N4O/c1-2-6(11)8-4-3-5(4)9-10-7/h4-5H,2-3H2,1H3,(H,8,11)/t4-,5-/m1/s1. The molecule has 0 radical (unpaired) electrons. The molecule has 2 atom stereocenters. The van der Waals surface area contributed by atoms with Crippen molar-refractivity contribution in [1.29, 1.82) is 0 Å². The van der Waals surface area contributed by atoms with Gasteiger partial charge in [-0.2, -0.15) is 0 Å². The van der Waals surface area contributed by atoms with Gasteiger partial charge in [-0.05, 0) is 12.0 Å². The minimum atomic E-state index is -0.00417. The third-order valence-electron chi connectivity index (χ3n) is 1.62. The molecule has 1 saturated carbocycles. The van der Waals surface area contributed by atoms with Crippen LogP contribution in [0.15, 0.2) is 5.11 Å². The van der Waals surface area contributed by atoms with Crippen molar-refractivity contribution < 1.29 is 4.79 Å². The minimum Gasteiger partial charge on any atom is -0.353 e. The van der Waals surface area contributed by atoms with E-state index in [0.717, 1.165) is 6.42 Å². The molecule has 5 heteroatoms. The first kappa shape index (κ1) is 7.88. The highest BCUT2D eigenvalue weighted by atomic mass is 16.1. The zero-order chi connectivity index (χ0) is 8.27. The second kappa shape index (κ2) is 3.25. The Balaban J connectivity index is 2.23. The fraction of sp³-hybridized carbons (Fsp3) is 0.833. The number of nitrogens with zero attached hydrogens (tertiary/aromatic N) is 3. The number of amides is 1. The fourth-order valence-electron chi connectivity index (χ4n) is 0.840. The average Bonchev–Trinajstić information content (AvgIpc) is 2.69. The Morgan fingerprint density at radius 2 is 2.64 bits per heavy atom. The molecule has 60 valence electrons. The van der Waals surface area contributed by atoms with E-state index in [0.29, 0.717) is 6.42 Å². The number of azide groups is 1. The monoisotopic (exact) mass is 154 g/mol. The van der Waals surface area contributed by atoms with Gasteiger partial charge in [-0.25, -0.2) is 0 Å². The van der Waals surface area contributed by atoms with Crippen LogP contribution in [0.1, 0.15) is 19.8 Å². The summed E-state index contributed by atoms with van der Waals surface area (Å²) in [5.41, 5.74) is 8.03. The zero-order valence-electron chi connectivity index (χ0n) is 6.32. The lowest BCUT2D eigenvalue weighted by Gasteiger charge is -1.98. The minimum absolute atomic E-state index is 0.00417. The van der Waals surface area contributed by atoms with Gasteiger partial charge in [0, 0.05) is 17.4 Å². The maximum atomic E-state index is 10.8. The van der Waals surface area contributed by atoms with Gasteiger partial charge in [-0.1, -0.05) is 12.0 Å². The summed E-state index contributed by atoms with van der Waals surface area (Å²) in [6, 6.07) is 0.0915. The lowest BCUT2D eigenvalue weighted by Crippen LogP contribution is -2.26. The van der Waals surface area contributed by atoms with Crippen molar-refractivity contribution >= 4 is 5.91 Å². The van der Waals surface area contributed by atoms with E-state index < -0.39 is 0 Å². The zero-order valence-corrected chi connectivity index (χ0v) is 6.32. The number of nitrogens with one attached hydrogen (secondary N) is 1. The Morgan fingerprint density at radius 3 is 3.18 bits per heavy atom. The molecule has 1 aliphatic carbocycles. The van der Waals surface area contributed by atoms with Crippen LogP contribution >= 0.6 is 0 Å². The van der Waals surface area contributed by atoms with E-state index in [1.807, 2.05) is 0 Å². The lowest BCUT2D eigenvalue weighted by atomic mass is 10.4. The van der Waals surface area contributed by atoms with Gasteiger partial charge >= 0.3 is 0 Å². The van der Waals surface area contributed by atoms with E-state index in [2.05, 4.69) is 15.3 Å². The normalized spacial score (nSPS) is 27.0. The summed E-state index contributed by atoms with van der Waals surface area (Å²) in [4.78, 5) is 13.4. The highest BCUT2D eigenvalue weighted by molar-refractivity contribution is 5.76. The number of carbonyl (C=O) groups excluding carboxylic acids is 1. The van der Waals surface area contributed by atoms with Gasteiger partial charge in [-0.15, -0.1) is 0 Å². The number of hydrogen-bond acceptors (Lipinski definition) is 2. The third kappa shape index (κ3) is 2.13. The van der Waals surface area contributed by atoms with Crippen molar-refractivity contribution in [2.45, 2.75) is 31.8 Å². The van der Waals surface area contributed by atoms with Gasteiger partial charge in [0.2, 0.25) is 5.91 Å². The van der Waals surface area contributed by atoms with E-state index in [1.165, 1.54) is 0 Å². The average molecular weight is 154 g/mol. The summed E-state index contributed by atoms with van der Waals surface area (Å²) in [6.07, 6.45) is 1.27. The van der Waals surface area contributed by atoms with Crippen molar-refractivity contribution in [3.63, 3.8) is 0 Å². The molecule has 0 aromatic heterocycles. The molecule has 0 aromatic rings. The molecule has 0 unspecified atom stereocenters. The number of hydrogen-bond donors (Lipinski definition) is 1. The van der Waals surface area contributed by atoms with E-state index in [-0.39, 0.29) is 18.0 Å². The molecule has 1 fully saturated rings. The summed E-state index contributed by atoms with van der Waals surface area (Å²) in [6.45, 7) is 1.79. The Hall–Kier alpha value is -1.22. The van der Waals surface area contributed by atoms with Crippen LogP contribution in [0, 0.1) is 0 Å².